The van der Waals surface area contributed by atoms with E-state index in [2.05, 4.69) is 52.5 Å². The van der Waals surface area contributed by atoms with Crippen molar-refractivity contribution in [3.63, 3.8) is 0 Å². The number of aromatic amines is 1. The van der Waals surface area contributed by atoms with Gasteiger partial charge in [0, 0.05) is 17.9 Å². The number of hydrogen-bond acceptors (Lipinski definition) is 2. The van der Waals surface area contributed by atoms with E-state index in [-0.39, 0.29) is 0 Å². The molecule has 1 atom stereocenters. The van der Waals surface area contributed by atoms with Gasteiger partial charge < -0.3 is 10.3 Å². The summed E-state index contributed by atoms with van der Waals surface area (Å²) >= 11 is 0. The lowest BCUT2D eigenvalue weighted by atomic mass is 10.1. The topological polar surface area (TPSA) is 40.7 Å². The van der Waals surface area contributed by atoms with Crippen molar-refractivity contribution in [3.8, 4) is 0 Å². The molecule has 1 aromatic heterocycles. The number of benzene rings is 1. The highest BCUT2D eigenvalue weighted by atomic mass is 15.1. The van der Waals surface area contributed by atoms with Crippen LogP contribution in [-0.4, -0.2) is 16.0 Å². The molecule has 0 saturated heterocycles. The third-order valence-electron chi connectivity index (χ3n) is 2.79. The normalized spacial score (nSPS) is 12.4. The van der Waals surface area contributed by atoms with Gasteiger partial charge in [-0.05, 0) is 32.3 Å². The summed E-state index contributed by atoms with van der Waals surface area (Å²) in [7, 11) is 0. The molecular formula is C14H19N3. The van der Waals surface area contributed by atoms with Gasteiger partial charge in [0.25, 0.3) is 0 Å². The molecule has 3 nitrogen and oxygen atoms in total. The summed E-state index contributed by atoms with van der Waals surface area (Å²) in [6, 6.07) is 11.0. The van der Waals surface area contributed by atoms with Gasteiger partial charge in [-0.1, -0.05) is 30.3 Å². The molecular weight excluding hydrogens is 210 g/mol. The minimum atomic E-state index is 0.417. The number of rotatable bonds is 5. The summed E-state index contributed by atoms with van der Waals surface area (Å²) < 4.78 is 0. The van der Waals surface area contributed by atoms with Crippen molar-refractivity contribution in [2.24, 2.45) is 0 Å². The molecule has 0 saturated carbocycles. The Kier molecular flexibility index (Phi) is 3.81. The molecule has 2 rings (SSSR count). The molecule has 1 heterocycles. The predicted octanol–water partition coefficient (Wildman–Crippen LogP) is 3.15. The number of H-pyrrole nitrogens is 1. The maximum absolute atomic E-state index is 4.24. The van der Waals surface area contributed by atoms with Crippen LogP contribution in [0.5, 0.6) is 0 Å². The van der Waals surface area contributed by atoms with Crippen molar-refractivity contribution in [2.75, 3.05) is 5.32 Å². The maximum atomic E-state index is 4.24. The van der Waals surface area contributed by atoms with Crippen LogP contribution in [0.2, 0.25) is 0 Å². The summed E-state index contributed by atoms with van der Waals surface area (Å²) in [5, 5.41) is 3.37. The van der Waals surface area contributed by atoms with Crippen LogP contribution in [0.4, 0.5) is 5.95 Å². The Bertz CT molecular complexity index is 448. The van der Waals surface area contributed by atoms with E-state index in [0.717, 1.165) is 24.5 Å². The summed E-state index contributed by atoms with van der Waals surface area (Å²) in [5.41, 5.74) is 2.47. The van der Waals surface area contributed by atoms with Crippen LogP contribution < -0.4 is 5.32 Å². The maximum Gasteiger partial charge on any atom is 0.200 e. The third-order valence-corrected chi connectivity index (χ3v) is 2.79. The van der Waals surface area contributed by atoms with E-state index >= 15 is 0 Å². The highest BCUT2D eigenvalue weighted by Gasteiger charge is 2.04. The fourth-order valence-corrected chi connectivity index (χ4v) is 1.82. The lowest BCUT2D eigenvalue weighted by molar-refractivity contribution is 0.700. The summed E-state index contributed by atoms with van der Waals surface area (Å²) in [5.74, 6) is 0.864. The molecule has 0 bridgehead atoms. The lowest BCUT2D eigenvalue weighted by Gasteiger charge is -2.12. The van der Waals surface area contributed by atoms with Crippen molar-refractivity contribution in [3.05, 3.63) is 47.8 Å². The van der Waals surface area contributed by atoms with E-state index in [1.807, 2.05) is 13.1 Å². The number of aryl methyl sites for hydroxylation is 2. The monoisotopic (exact) mass is 229 g/mol. The van der Waals surface area contributed by atoms with E-state index in [4.69, 9.17) is 0 Å². The van der Waals surface area contributed by atoms with Crippen molar-refractivity contribution in [1.29, 1.82) is 0 Å². The summed E-state index contributed by atoms with van der Waals surface area (Å²) in [6.45, 7) is 4.19. The van der Waals surface area contributed by atoms with Crippen LogP contribution >= 0.6 is 0 Å². The van der Waals surface area contributed by atoms with Crippen molar-refractivity contribution < 1.29 is 0 Å². The summed E-state index contributed by atoms with van der Waals surface area (Å²) in [6.07, 6.45) is 4.03. The number of aromatic nitrogens is 2. The predicted molar refractivity (Wildman–Crippen MR) is 71.2 cm³/mol. The smallest absolute Gasteiger partial charge is 0.200 e. The summed E-state index contributed by atoms with van der Waals surface area (Å²) in [4.78, 5) is 7.43. The van der Waals surface area contributed by atoms with E-state index in [9.17, 15) is 0 Å². The molecule has 0 amide bonds. The van der Waals surface area contributed by atoms with E-state index < -0.39 is 0 Å². The second kappa shape index (κ2) is 5.53. The number of imidazole rings is 1. The molecule has 17 heavy (non-hydrogen) atoms. The van der Waals surface area contributed by atoms with E-state index in [1.165, 1.54) is 5.56 Å². The Morgan fingerprint density at radius 3 is 2.71 bits per heavy atom. The minimum absolute atomic E-state index is 0.417. The van der Waals surface area contributed by atoms with Crippen LogP contribution in [0.1, 0.15) is 24.6 Å². The quantitative estimate of drug-likeness (QED) is 0.827. The van der Waals surface area contributed by atoms with Gasteiger partial charge in [0.1, 0.15) is 0 Å². The number of nitrogens with one attached hydrogen (secondary N) is 2. The second-order valence-electron chi connectivity index (χ2n) is 4.48. The van der Waals surface area contributed by atoms with Gasteiger partial charge in [0.2, 0.25) is 0 Å². The SMILES string of the molecule is Cc1cnc(NC(C)CCc2ccccc2)[nH]1. The highest BCUT2D eigenvalue weighted by Crippen LogP contribution is 2.08. The highest BCUT2D eigenvalue weighted by molar-refractivity contribution is 5.27. The van der Waals surface area contributed by atoms with Crippen molar-refractivity contribution in [1.82, 2.24) is 9.97 Å². The second-order valence-corrected chi connectivity index (χ2v) is 4.48. The average Bonchev–Trinajstić information content (AvgIpc) is 2.73. The van der Waals surface area contributed by atoms with Gasteiger partial charge in [-0.25, -0.2) is 4.98 Å². The Hall–Kier alpha value is -1.77. The zero-order chi connectivity index (χ0) is 12.1. The zero-order valence-corrected chi connectivity index (χ0v) is 10.4. The van der Waals surface area contributed by atoms with Gasteiger partial charge in [-0.15, -0.1) is 0 Å². The van der Waals surface area contributed by atoms with E-state index in [1.54, 1.807) is 0 Å². The Morgan fingerprint density at radius 1 is 1.29 bits per heavy atom. The first kappa shape index (κ1) is 11.7. The zero-order valence-electron chi connectivity index (χ0n) is 10.4. The first-order chi connectivity index (χ1) is 8.24. The van der Waals surface area contributed by atoms with E-state index in [0.29, 0.717) is 6.04 Å². The molecule has 0 spiro atoms. The molecule has 0 aliphatic rings. The first-order valence-electron chi connectivity index (χ1n) is 6.06. The molecule has 1 aromatic carbocycles. The van der Waals surface area contributed by atoms with Gasteiger partial charge in [-0.3, -0.25) is 0 Å². The molecule has 0 aliphatic heterocycles. The van der Waals surface area contributed by atoms with Crippen LogP contribution in [0.3, 0.4) is 0 Å². The van der Waals surface area contributed by atoms with Crippen LogP contribution in [0.25, 0.3) is 0 Å². The number of nitrogens with zero attached hydrogens (tertiary/aromatic N) is 1. The minimum Gasteiger partial charge on any atom is -0.353 e. The molecule has 0 fully saturated rings. The third kappa shape index (κ3) is 3.63. The molecule has 90 valence electrons. The average molecular weight is 229 g/mol. The Balaban J connectivity index is 1.80. The molecule has 2 aromatic rings. The molecule has 2 N–H and O–H groups in total. The molecule has 1 unspecified atom stereocenters. The Morgan fingerprint density at radius 2 is 2.06 bits per heavy atom. The molecule has 0 aliphatic carbocycles. The standard InChI is InChI=1S/C14H19N3/c1-11(16-14-15-10-12(2)17-14)8-9-13-6-4-3-5-7-13/h3-7,10-11H,8-9H2,1-2H3,(H2,15,16,17). The number of hydrogen-bond donors (Lipinski definition) is 2. The van der Waals surface area contributed by atoms with Gasteiger partial charge >= 0.3 is 0 Å². The largest absolute Gasteiger partial charge is 0.353 e. The van der Waals surface area contributed by atoms with Gasteiger partial charge in [-0.2, -0.15) is 0 Å². The fourth-order valence-electron chi connectivity index (χ4n) is 1.82. The molecule has 3 heteroatoms. The Labute approximate surface area is 102 Å². The first-order valence-corrected chi connectivity index (χ1v) is 6.06. The van der Waals surface area contributed by atoms with Crippen molar-refractivity contribution >= 4 is 5.95 Å². The molecule has 0 radical (unpaired) electrons. The van der Waals surface area contributed by atoms with Crippen LogP contribution in [-0.2, 0) is 6.42 Å². The van der Waals surface area contributed by atoms with Gasteiger partial charge in [0.15, 0.2) is 5.95 Å². The van der Waals surface area contributed by atoms with Gasteiger partial charge in [0.05, 0.1) is 0 Å². The van der Waals surface area contributed by atoms with Crippen molar-refractivity contribution in [2.45, 2.75) is 32.7 Å². The van der Waals surface area contributed by atoms with Crippen LogP contribution in [0.15, 0.2) is 36.5 Å². The number of anilines is 1. The fraction of sp³-hybridized carbons (Fsp3) is 0.357. The lowest BCUT2D eigenvalue weighted by Crippen LogP contribution is -2.16. The van der Waals surface area contributed by atoms with Crippen LogP contribution in [0, 0.1) is 6.92 Å².